The van der Waals surface area contributed by atoms with Crippen LogP contribution < -0.4 is 4.74 Å². The molecule has 0 unspecified atom stereocenters. The van der Waals surface area contributed by atoms with E-state index in [2.05, 4.69) is 53.4 Å². The first-order valence-electron chi connectivity index (χ1n) is 12.9. The highest BCUT2D eigenvalue weighted by atomic mass is 127. The minimum atomic E-state index is -0.458. The molecule has 0 fully saturated rings. The van der Waals surface area contributed by atoms with Gasteiger partial charge in [-0.05, 0) is 63.2 Å². The molecular formula is C30H36IN3O4. The summed E-state index contributed by atoms with van der Waals surface area (Å²) in [5, 5.41) is 1.04. The molecule has 4 rings (SSSR count). The number of rotatable bonds is 9. The minimum absolute atomic E-state index is 0.183. The molecule has 0 saturated heterocycles. The minimum Gasteiger partial charge on any atom is -0.494 e. The van der Waals surface area contributed by atoms with E-state index in [4.69, 9.17) is 9.47 Å². The Morgan fingerprint density at radius 1 is 1.13 bits per heavy atom. The molecular weight excluding hydrogens is 593 g/mol. The van der Waals surface area contributed by atoms with E-state index in [9.17, 15) is 9.59 Å². The highest BCUT2D eigenvalue weighted by molar-refractivity contribution is 14.1. The molecule has 202 valence electrons. The van der Waals surface area contributed by atoms with Crippen LogP contribution in [0.1, 0.15) is 55.7 Å². The second kappa shape index (κ2) is 11.9. The van der Waals surface area contributed by atoms with Crippen molar-refractivity contribution in [1.82, 2.24) is 14.8 Å². The molecule has 0 saturated carbocycles. The third-order valence-corrected chi connectivity index (χ3v) is 7.75. The molecule has 2 aromatic carbocycles. The summed E-state index contributed by atoms with van der Waals surface area (Å²) in [7, 11) is 2.08. The van der Waals surface area contributed by atoms with Crippen molar-refractivity contribution in [2.24, 2.45) is 0 Å². The van der Waals surface area contributed by atoms with Gasteiger partial charge in [0.1, 0.15) is 5.75 Å². The fourth-order valence-corrected chi connectivity index (χ4v) is 5.17. The van der Waals surface area contributed by atoms with Crippen molar-refractivity contribution >= 4 is 50.9 Å². The van der Waals surface area contributed by atoms with Crippen LogP contribution in [0, 0.1) is 0 Å². The fraction of sp³-hybridized carbons (Fsp3) is 0.400. The lowest BCUT2D eigenvalue weighted by Crippen LogP contribution is -2.36. The van der Waals surface area contributed by atoms with Crippen LogP contribution in [0.3, 0.4) is 0 Å². The number of carbonyl (C=O) groups is 2. The number of halogens is 1. The van der Waals surface area contributed by atoms with Gasteiger partial charge in [0, 0.05) is 41.2 Å². The molecule has 1 N–H and O–H groups in total. The number of benzene rings is 2. The lowest BCUT2D eigenvalue weighted by Gasteiger charge is -2.29. The van der Waals surface area contributed by atoms with Crippen LogP contribution in [0.5, 0.6) is 5.75 Å². The molecule has 0 aliphatic carbocycles. The van der Waals surface area contributed by atoms with Crippen molar-refractivity contribution < 1.29 is 19.1 Å². The molecule has 1 aliphatic heterocycles. The lowest BCUT2D eigenvalue weighted by molar-refractivity contribution is -0.140. The van der Waals surface area contributed by atoms with Gasteiger partial charge in [-0.15, -0.1) is 0 Å². The number of alkyl halides is 1. The van der Waals surface area contributed by atoms with Gasteiger partial charge in [-0.25, -0.2) is 4.79 Å². The third kappa shape index (κ3) is 6.23. The molecule has 1 aromatic heterocycles. The van der Waals surface area contributed by atoms with E-state index in [1.807, 2.05) is 50.2 Å². The first-order chi connectivity index (χ1) is 18.1. The number of ether oxygens (including phenoxy) is 2. The monoisotopic (exact) mass is 629 g/mol. The van der Waals surface area contributed by atoms with Gasteiger partial charge in [0.2, 0.25) is 0 Å². The third-order valence-electron chi connectivity index (χ3n) is 6.58. The van der Waals surface area contributed by atoms with Crippen LogP contribution in [-0.2, 0) is 14.9 Å². The van der Waals surface area contributed by atoms with Gasteiger partial charge in [-0.1, -0.05) is 54.6 Å². The summed E-state index contributed by atoms with van der Waals surface area (Å²) in [4.78, 5) is 34.3. The van der Waals surface area contributed by atoms with Crippen LogP contribution in [-0.4, -0.2) is 64.1 Å². The van der Waals surface area contributed by atoms with Crippen molar-refractivity contribution in [2.75, 3.05) is 31.3 Å². The average molecular weight is 630 g/mol. The Bertz CT molecular complexity index is 1330. The molecule has 0 spiro atoms. The highest BCUT2D eigenvalue weighted by Gasteiger charge is 2.37. The second-order valence-electron chi connectivity index (χ2n) is 10.7. The topological polar surface area (TPSA) is 74.9 Å². The molecule has 1 aliphatic rings. The van der Waals surface area contributed by atoms with Crippen molar-refractivity contribution in [1.29, 1.82) is 0 Å². The van der Waals surface area contributed by atoms with Gasteiger partial charge < -0.3 is 19.4 Å². The highest BCUT2D eigenvalue weighted by Crippen LogP contribution is 2.40. The predicted molar refractivity (Wildman–Crippen MR) is 160 cm³/mol. The molecule has 2 heterocycles. The molecule has 7 nitrogen and oxygen atoms in total. The quantitative estimate of drug-likeness (QED) is 0.104. The first-order valence-corrected chi connectivity index (χ1v) is 14.5. The Balaban J connectivity index is 1.62. The van der Waals surface area contributed by atoms with Crippen molar-refractivity contribution in [2.45, 2.75) is 45.6 Å². The Labute approximate surface area is 238 Å². The van der Waals surface area contributed by atoms with Gasteiger partial charge in [-0.3, -0.25) is 9.69 Å². The van der Waals surface area contributed by atoms with Crippen LogP contribution in [0.15, 0.2) is 54.7 Å². The first kappa shape index (κ1) is 28.2. The summed E-state index contributed by atoms with van der Waals surface area (Å²) in [6.07, 6.45) is 2.29. The largest absolute Gasteiger partial charge is 0.494 e. The molecule has 38 heavy (non-hydrogen) atoms. The molecule has 3 aromatic rings. The number of fused-ring (bicyclic) bond motifs is 3. The number of amides is 1. The molecule has 8 heteroatoms. The van der Waals surface area contributed by atoms with Gasteiger partial charge >= 0.3 is 5.97 Å². The van der Waals surface area contributed by atoms with Gasteiger partial charge in [0.25, 0.3) is 5.91 Å². The fourth-order valence-electron chi connectivity index (χ4n) is 4.82. The summed E-state index contributed by atoms with van der Waals surface area (Å²) in [6, 6.07) is 15.2. The number of esters is 1. The van der Waals surface area contributed by atoms with E-state index >= 15 is 0 Å². The Morgan fingerprint density at radius 2 is 1.84 bits per heavy atom. The zero-order valence-corrected chi connectivity index (χ0v) is 24.9. The smallest absolute Gasteiger partial charge is 0.342 e. The summed E-state index contributed by atoms with van der Waals surface area (Å²) < 4.78 is 12.4. The number of aromatic amines is 1. The zero-order valence-electron chi connectivity index (χ0n) is 22.7. The predicted octanol–water partition coefficient (Wildman–Crippen LogP) is 5.99. The molecule has 0 atom stereocenters. The van der Waals surface area contributed by atoms with Crippen LogP contribution in [0.25, 0.3) is 16.5 Å². The van der Waals surface area contributed by atoms with Gasteiger partial charge in [-0.2, -0.15) is 0 Å². The van der Waals surface area contributed by atoms with Crippen LogP contribution in [0.4, 0.5) is 0 Å². The number of hydrogen-bond acceptors (Lipinski definition) is 5. The number of nitrogens with zero attached hydrogens (tertiary/aromatic N) is 2. The van der Waals surface area contributed by atoms with Gasteiger partial charge in [0.05, 0.1) is 28.5 Å². The van der Waals surface area contributed by atoms with E-state index in [-0.39, 0.29) is 12.0 Å². The summed E-state index contributed by atoms with van der Waals surface area (Å²) in [5.74, 6) is 0.0888. The Hall–Kier alpha value is -2.85. The van der Waals surface area contributed by atoms with E-state index in [1.165, 1.54) is 0 Å². The molecule has 1 amide bonds. The van der Waals surface area contributed by atoms with E-state index < -0.39 is 11.4 Å². The van der Waals surface area contributed by atoms with Crippen molar-refractivity contribution in [3.8, 4) is 5.75 Å². The summed E-state index contributed by atoms with van der Waals surface area (Å²) in [6.45, 7) is 9.83. The van der Waals surface area contributed by atoms with E-state index in [0.29, 0.717) is 30.0 Å². The molecule has 0 radical (unpaired) electrons. The average Bonchev–Trinajstić information content (AvgIpc) is 3.23. The summed E-state index contributed by atoms with van der Waals surface area (Å²) >= 11 is 2.34. The second-order valence-corrected chi connectivity index (χ2v) is 11.3. The number of H-pyrrole nitrogens is 1. The van der Waals surface area contributed by atoms with E-state index in [0.717, 1.165) is 39.7 Å². The maximum atomic E-state index is 13.7. The Kier molecular flexibility index (Phi) is 8.82. The molecule has 0 bridgehead atoms. The lowest BCUT2D eigenvalue weighted by atomic mass is 9.81. The summed E-state index contributed by atoms with van der Waals surface area (Å²) in [5.41, 5.74) is 3.10. The van der Waals surface area contributed by atoms with Crippen LogP contribution >= 0.6 is 22.6 Å². The van der Waals surface area contributed by atoms with Crippen LogP contribution in [0.2, 0.25) is 0 Å². The Morgan fingerprint density at radius 3 is 2.53 bits per heavy atom. The van der Waals surface area contributed by atoms with Crippen molar-refractivity contribution in [3.05, 3.63) is 71.6 Å². The number of hydrogen-bond donors (Lipinski definition) is 1. The number of nitrogens with one attached hydrogen (secondary N) is 1. The normalized spacial score (nSPS) is 14.8. The number of carbonyl (C=O) groups excluding carboxylic acids is 2. The van der Waals surface area contributed by atoms with E-state index in [1.54, 1.807) is 23.2 Å². The number of aromatic nitrogens is 1. The number of para-hydroxylation sites is 1. The maximum absolute atomic E-state index is 13.7. The standard InChI is InChI=1S/C30H36IN3O4/c1-20(2)38-29(36)24-17-34(18-30(3,4)26-23-9-6-7-10-25(23)32-27(24)26)28(35)21-11-13-22(14-12-21)37-16-8-15-33(5)19-31/h6-7,9-14,17,20,32H,8,15-16,18-19H2,1-5H3. The SMILES string of the molecule is CC(C)OC(=O)C1=CN(C(=O)c2ccc(OCCCN(C)CI)cc2)CC(C)(C)c2c1[nH]c1ccccc21. The van der Waals surface area contributed by atoms with Crippen molar-refractivity contribution in [3.63, 3.8) is 0 Å². The van der Waals surface area contributed by atoms with Gasteiger partial charge in [0.15, 0.2) is 0 Å². The maximum Gasteiger partial charge on any atom is 0.342 e. The zero-order chi connectivity index (χ0) is 27.4.